The number of aliphatic hydroxyl groups excluding tert-OH is 2. The third kappa shape index (κ3) is 14.3. The molecule has 0 saturated carbocycles. The summed E-state index contributed by atoms with van der Waals surface area (Å²) in [6.45, 7) is 8.33. The van der Waals surface area contributed by atoms with Crippen molar-refractivity contribution in [3.8, 4) is 0 Å². The zero-order chi connectivity index (χ0) is 14.4. The first-order chi connectivity index (χ1) is 8.49. The van der Waals surface area contributed by atoms with Crippen LogP contribution in [0.25, 0.3) is 0 Å². The molecule has 0 aliphatic heterocycles. The lowest BCUT2D eigenvalue weighted by atomic mass is 10.4. The standard InChI is InChI=1S/2C6H10O3/c1-5(2)6(8)9-4-3-7;1-2-6(8)9-5-3-4-7/h7H,1,3-4H2,2H3;2,7H,1,3-5H2. The fourth-order valence-electron chi connectivity index (χ4n) is 0.558. The smallest absolute Gasteiger partial charge is 0.333 e. The molecule has 0 heterocycles. The van der Waals surface area contributed by atoms with Crippen LogP contribution in [-0.4, -0.2) is 48.6 Å². The summed E-state index contributed by atoms with van der Waals surface area (Å²) in [7, 11) is 0. The molecule has 0 amide bonds. The summed E-state index contributed by atoms with van der Waals surface area (Å²) in [5.41, 5.74) is 0.350. The molecule has 0 rings (SSSR count). The monoisotopic (exact) mass is 260 g/mol. The van der Waals surface area contributed by atoms with Crippen molar-refractivity contribution in [2.45, 2.75) is 13.3 Å². The van der Waals surface area contributed by atoms with E-state index >= 15 is 0 Å². The molecule has 0 saturated heterocycles. The van der Waals surface area contributed by atoms with E-state index in [4.69, 9.17) is 10.2 Å². The molecule has 104 valence electrons. The van der Waals surface area contributed by atoms with E-state index < -0.39 is 11.9 Å². The van der Waals surface area contributed by atoms with Gasteiger partial charge in [-0.05, 0) is 6.92 Å². The van der Waals surface area contributed by atoms with Gasteiger partial charge in [-0.1, -0.05) is 13.2 Å². The summed E-state index contributed by atoms with van der Waals surface area (Å²) in [6, 6.07) is 0. The molecule has 2 N–H and O–H groups in total. The molecule has 0 atom stereocenters. The van der Waals surface area contributed by atoms with Crippen molar-refractivity contribution in [3.05, 3.63) is 24.8 Å². The summed E-state index contributed by atoms with van der Waals surface area (Å²) in [6.07, 6.45) is 1.58. The van der Waals surface area contributed by atoms with Crippen LogP contribution in [0, 0.1) is 0 Å². The van der Waals surface area contributed by atoms with Crippen molar-refractivity contribution in [2.75, 3.05) is 26.4 Å². The topological polar surface area (TPSA) is 93.1 Å². The summed E-state index contributed by atoms with van der Waals surface area (Å²) < 4.78 is 8.98. The molecule has 0 fully saturated rings. The van der Waals surface area contributed by atoms with Gasteiger partial charge < -0.3 is 19.7 Å². The normalized spacial score (nSPS) is 8.61. The van der Waals surface area contributed by atoms with Crippen LogP contribution >= 0.6 is 0 Å². The molecular weight excluding hydrogens is 240 g/mol. The number of hydrogen-bond donors (Lipinski definition) is 2. The summed E-state index contributed by atoms with van der Waals surface area (Å²) >= 11 is 0. The Kier molecular flexibility index (Phi) is 13.9. The van der Waals surface area contributed by atoms with Crippen LogP contribution in [0.5, 0.6) is 0 Å². The number of hydrogen-bond acceptors (Lipinski definition) is 6. The maximum Gasteiger partial charge on any atom is 0.333 e. The average molecular weight is 260 g/mol. The van der Waals surface area contributed by atoms with E-state index in [9.17, 15) is 9.59 Å². The van der Waals surface area contributed by atoms with Gasteiger partial charge in [0.1, 0.15) is 6.61 Å². The van der Waals surface area contributed by atoms with Gasteiger partial charge in [-0.25, -0.2) is 9.59 Å². The predicted molar refractivity (Wildman–Crippen MR) is 65.7 cm³/mol. The first-order valence-electron chi connectivity index (χ1n) is 5.33. The van der Waals surface area contributed by atoms with E-state index in [1.165, 1.54) is 0 Å². The molecule has 0 aliphatic carbocycles. The molecular formula is C12H20O6. The highest BCUT2D eigenvalue weighted by Gasteiger charge is 1.99. The summed E-state index contributed by atoms with van der Waals surface area (Å²) in [4.78, 5) is 20.7. The van der Waals surface area contributed by atoms with Crippen LogP contribution in [0.2, 0.25) is 0 Å². The molecule has 6 heteroatoms. The molecule has 0 bridgehead atoms. The maximum absolute atomic E-state index is 10.5. The minimum atomic E-state index is -0.455. The minimum absolute atomic E-state index is 0.0461. The SMILES string of the molecule is C=C(C)C(=O)OCCO.C=CC(=O)OCCCO. The molecule has 0 aromatic rings. The van der Waals surface area contributed by atoms with Gasteiger partial charge in [0.15, 0.2) is 0 Å². The number of rotatable bonds is 7. The Labute approximate surface area is 107 Å². The van der Waals surface area contributed by atoms with Gasteiger partial charge in [0.25, 0.3) is 0 Å². The van der Waals surface area contributed by atoms with E-state index in [2.05, 4.69) is 22.6 Å². The Hall–Kier alpha value is -1.66. The molecule has 18 heavy (non-hydrogen) atoms. The lowest BCUT2D eigenvalue weighted by molar-refractivity contribution is -0.140. The van der Waals surface area contributed by atoms with Crippen LogP contribution < -0.4 is 0 Å². The van der Waals surface area contributed by atoms with Gasteiger partial charge in [0.05, 0.1) is 13.2 Å². The van der Waals surface area contributed by atoms with Crippen molar-refractivity contribution in [2.24, 2.45) is 0 Å². The van der Waals surface area contributed by atoms with Gasteiger partial charge in [-0.3, -0.25) is 0 Å². The first-order valence-corrected chi connectivity index (χ1v) is 5.33. The fourth-order valence-corrected chi connectivity index (χ4v) is 0.558. The van der Waals surface area contributed by atoms with Crippen molar-refractivity contribution < 1.29 is 29.3 Å². The summed E-state index contributed by atoms with van der Waals surface area (Å²) in [5.74, 6) is -0.896. The van der Waals surface area contributed by atoms with Crippen molar-refractivity contribution in [1.29, 1.82) is 0 Å². The number of carbonyl (C=O) groups excluding carboxylic acids is 2. The quantitative estimate of drug-likeness (QED) is 0.386. The number of aliphatic hydroxyl groups is 2. The second kappa shape index (κ2) is 13.4. The molecule has 0 unspecified atom stereocenters. The van der Waals surface area contributed by atoms with Crippen molar-refractivity contribution in [3.63, 3.8) is 0 Å². The first kappa shape index (κ1) is 18.7. The highest BCUT2D eigenvalue weighted by molar-refractivity contribution is 5.86. The van der Waals surface area contributed by atoms with Gasteiger partial charge in [0.2, 0.25) is 0 Å². The second-order valence-electron chi connectivity index (χ2n) is 3.09. The zero-order valence-electron chi connectivity index (χ0n) is 10.6. The Morgan fingerprint density at radius 1 is 1.17 bits per heavy atom. The molecule has 0 radical (unpaired) electrons. The summed E-state index contributed by atoms with van der Waals surface area (Å²) in [5, 5.41) is 16.4. The van der Waals surface area contributed by atoms with Crippen LogP contribution in [0.4, 0.5) is 0 Å². The number of carbonyl (C=O) groups is 2. The maximum atomic E-state index is 10.5. The molecule has 0 aromatic carbocycles. The van der Waals surface area contributed by atoms with Crippen LogP contribution in [0.3, 0.4) is 0 Å². The third-order valence-corrected chi connectivity index (χ3v) is 1.39. The lowest BCUT2D eigenvalue weighted by Crippen LogP contribution is -2.08. The van der Waals surface area contributed by atoms with E-state index in [0.29, 0.717) is 12.0 Å². The van der Waals surface area contributed by atoms with Crippen LogP contribution in [0.1, 0.15) is 13.3 Å². The van der Waals surface area contributed by atoms with Gasteiger partial charge in [0, 0.05) is 24.7 Å². The molecule has 6 nitrogen and oxygen atoms in total. The van der Waals surface area contributed by atoms with Gasteiger partial charge >= 0.3 is 11.9 Å². The Bertz CT molecular complexity index is 270. The molecule has 0 aliphatic rings. The van der Waals surface area contributed by atoms with Crippen molar-refractivity contribution >= 4 is 11.9 Å². The second-order valence-corrected chi connectivity index (χ2v) is 3.09. The van der Waals surface area contributed by atoms with E-state index in [1.54, 1.807) is 6.92 Å². The zero-order valence-corrected chi connectivity index (χ0v) is 10.6. The highest BCUT2D eigenvalue weighted by Crippen LogP contribution is 1.89. The van der Waals surface area contributed by atoms with E-state index in [-0.39, 0.29) is 26.4 Å². The van der Waals surface area contributed by atoms with Crippen LogP contribution in [0.15, 0.2) is 24.8 Å². The Morgan fingerprint density at radius 3 is 2.17 bits per heavy atom. The van der Waals surface area contributed by atoms with E-state index in [1.807, 2.05) is 0 Å². The average Bonchev–Trinajstić information content (AvgIpc) is 2.36. The van der Waals surface area contributed by atoms with Gasteiger partial charge in [-0.2, -0.15) is 0 Å². The molecule has 0 aromatic heterocycles. The predicted octanol–water partition coefficient (Wildman–Crippen LogP) is 0.196. The largest absolute Gasteiger partial charge is 0.462 e. The van der Waals surface area contributed by atoms with Crippen LogP contribution in [-0.2, 0) is 19.1 Å². The third-order valence-electron chi connectivity index (χ3n) is 1.39. The Balaban J connectivity index is 0. The molecule has 0 spiro atoms. The van der Waals surface area contributed by atoms with Gasteiger partial charge in [-0.15, -0.1) is 0 Å². The number of esters is 2. The fraction of sp³-hybridized carbons (Fsp3) is 0.500. The van der Waals surface area contributed by atoms with Crippen molar-refractivity contribution in [1.82, 2.24) is 0 Å². The number of ether oxygens (including phenoxy) is 2. The lowest BCUT2D eigenvalue weighted by Gasteiger charge is -1.99. The Morgan fingerprint density at radius 2 is 1.78 bits per heavy atom. The highest BCUT2D eigenvalue weighted by atomic mass is 16.5. The van der Waals surface area contributed by atoms with E-state index in [0.717, 1.165) is 6.08 Å². The minimum Gasteiger partial charge on any atom is -0.462 e.